The molecule has 0 bridgehead atoms. The highest BCUT2D eigenvalue weighted by Crippen LogP contribution is 2.11. The van der Waals surface area contributed by atoms with Crippen LogP contribution >= 0.6 is 0 Å². The van der Waals surface area contributed by atoms with Crippen LogP contribution in [0.3, 0.4) is 0 Å². The molecule has 0 atom stereocenters. The number of aromatic nitrogens is 1. The van der Waals surface area contributed by atoms with Crippen LogP contribution in [-0.4, -0.2) is 11.0 Å². The molecule has 70 valence electrons. The van der Waals surface area contributed by atoms with E-state index in [9.17, 15) is 0 Å². The number of nitrogen functional groups attached to an aromatic ring is 1. The van der Waals surface area contributed by atoms with Crippen LogP contribution in [0, 0.1) is 0 Å². The summed E-state index contributed by atoms with van der Waals surface area (Å²) in [4.78, 5) is 3.82. The van der Waals surface area contributed by atoms with Gasteiger partial charge in [-0.2, -0.15) is 0 Å². The first-order chi connectivity index (χ1) is 6.34. The summed E-state index contributed by atoms with van der Waals surface area (Å²) < 4.78 is 5.13. The minimum absolute atomic E-state index is 0.237. The van der Waals surface area contributed by atoms with Gasteiger partial charge < -0.3 is 15.5 Å². The van der Waals surface area contributed by atoms with Crippen molar-refractivity contribution in [3.8, 4) is 0 Å². The van der Waals surface area contributed by atoms with Crippen molar-refractivity contribution in [3.63, 3.8) is 0 Å². The van der Waals surface area contributed by atoms with E-state index in [4.69, 9.17) is 10.2 Å². The van der Waals surface area contributed by atoms with E-state index in [-0.39, 0.29) is 6.01 Å². The van der Waals surface area contributed by atoms with Gasteiger partial charge in [-0.25, -0.2) is 4.98 Å². The number of rotatable bonds is 3. The van der Waals surface area contributed by atoms with E-state index in [1.165, 1.54) is 0 Å². The van der Waals surface area contributed by atoms with E-state index in [1.807, 2.05) is 0 Å². The number of nitrogens with two attached hydrogens (primary N) is 1. The first-order valence-corrected chi connectivity index (χ1v) is 4.43. The fourth-order valence-corrected chi connectivity index (χ4v) is 1.43. The van der Waals surface area contributed by atoms with Crippen LogP contribution in [0.25, 0.3) is 0 Å². The van der Waals surface area contributed by atoms with Crippen LogP contribution in [-0.2, 0) is 6.54 Å². The second-order valence-electron chi connectivity index (χ2n) is 3.19. The van der Waals surface area contributed by atoms with Crippen molar-refractivity contribution in [2.24, 2.45) is 0 Å². The van der Waals surface area contributed by atoms with Crippen LogP contribution < -0.4 is 11.1 Å². The minimum Gasteiger partial charge on any atom is -0.428 e. The lowest BCUT2D eigenvalue weighted by atomic mass is 10.2. The molecular weight excluding hydrogens is 166 g/mol. The molecule has 4 nitrogen and oxygen atoms in total. The second kappa shape index (κ2) is 3.62. The van der Waals surface area contributed by atoms with Gasteiger partial charge in [0.2, 0.25) is 0 Å². The minimum atomic E-state index is 0.237. The highest BCUT2D eigenvalue weighted by molar-refractivity contribution is 5.11. The molecule has 1 aliphatic carbocycles. The zero-order valence-corrected chi connectivity index (χ0v) is 7.36. The average Bonchev–Trinajstić information content (AvgIpc) is 2.71. The molecular formula is C9H13N3O. The second-order valence-corrected chi connectivity index (χ2v) is 3.19. The molecule has 0 saturated heterocycles. The first kappa shape index (κ1) is 8.31. The predicted octanol–water partition coefficient (Wildman–Crippen LogP) is 1.06. The lowest BCUT2D eigenvalue weighted by Gasteiger charge is -2.09. The zero-order valence-electron chi connectivity index (χ0n) is 7.36. The van der Waals surface area contributed by atoms with Crippen molar-refractivity contribution in [2.45, 2.75) is 25.4 Å². The van der Waals surface area contributed by atoms with E-state index in [2.05, 4.69) is 22.5 Å². The fourth-order valence-electron chi connectivity index (χ4n) is 1.43. The third-order valence-electron chi connectivity index (χ3n) is 2.14. The third kappa shape index (κ3) is 2.09. The van der Waals surface area contributed by atoms with Gasteiger partial charge in [-0.05, 0) is 12.8 Å². The van der Waals surface area contributed by atoms with Gasteiger partial charge in [0.05, 0.1) is 12.7 Å². The summed E-state index contributed by atoms with van der Waals surface area (Å²) in [5.74, 6) is 0.796. The summed E-state index contributed by atoms with van der Waals surface area (Å²) in [6.45, 7) is 0.705. The Kier molecular flexibility index (Phi) is 2.31. The predicted molar refractivity (Wildman–Crippen MR) is 49.9 cm³/mol. The smallest absolute Gasteiger partial charge is 0.292 e. The van der Waals surface area contributed by atoms with Crippen molar-refractivity contribution >= 4 is 6.01 Å². The molecule has 0 saturated carbocycles. The number of oxazole rings is 1. The van der Waals surface area contributed by atoms with E-state index < -0.39 is 0 Å². The van der Waals surface area contributed by atoms with Crippen molar-refractivity contribution in [1.82, 2.24) is 10.3 Å². The lowest BCUT2D eigenvalue weighted by Crippen LogP contribution is -2.25. The Morgan fingerprint density at radius 1 is 1.54 bits per heavy atom. The van der Waals surface area contributed by atoms with Crippen LogP contribution in [0.2, 0.25) is 0 Å². The SMILES string of the molecule is Nc1ncc(CNC2CC=CC2)o1. The Morgan fingerprint density at radius 2 is 2.31 bits per heavy atom. The van der Waals surface area contributed by atoms with Crippen LogP contribution in [0.1, 0.15) is 18.6 Å². The fraction of sp³-hybridized carbons (Fsp3) is 0.444. The summed E-state index contributed by atoms with van der Waals surface area (Å²) in [5.41, 5.74) is 5.34. The Hall–Kier alpha value is -1.29. The van der Waals surface area contributed by atoms with Gasteiger partial charge in [0.15, 0.2) is 0 Å². The van der Waals surface area contributed by atoms with Gasteiger partial charge in [-0.1, -0.05) is 12.2 Å². The van der Waals surface area contributed by atoms with Gasteiger partial charge in [-0.3, -0.25) is 0 Å². The molecule has 1 aromatic rings. The van der Waals surface area contributed by atoms with Gasteiger partial charge in [0.1, 0.15) is 5.76 Å². The molecule has 0 unspecified atom stereocenters. The molecule has 1 aliphatic rings. The standard InChI is InChI=1S/C9H13N3O/c10-9-12-6-8(13-9)5-11-7-3-1-2-4-7/h1-2,6-7,11H,3-5H2,(H2,10,12). The summed E-state index contributed by atoms with van der Waals surface area (Å²) in [6.07, 6.45) is 8.23. The molecule has 1 aromatic heterocycles. The molecule has 0 spiro atoms. The molecule has 0 amide bonds. The van der Waals surface area contributed by atoms with Crippen LogP contribution in [0.15, 0.2) is 22.8 Å². The maximum Gasteiger partial charge on any atom is 0.292 e. The molecule has 2 rings (SSSR count). The van der Waals surface area contributed by atoms with E-state index >= 15 is 0 Å². The Labute approximate surface area is 76.8 Å². The number of nitrogens with zero attached hydrogens (tertiary/aromatic N) is 1. The van der Waals surface area contributed by atoms with Gasteiger partial charge in [0.25, 0.3) is 6.01 Å². The molecule has 1 heterocycles. The summed E-state index contributed by atoms with van der Waals surface area (Å²) in [5, 5.41) is 3.36. The molecule has 13 heavy (non-hydrogen) atoms. The quantitative estimate of drug-likeness (QED) is 0.681. The average molecular weight is 179 g/mol. The molecule has 0 aromatic carbocycles. The van der Waals surface area contributed by atoms with E-state index in [0.717, 1.165) is 18.6 Å². The molecule has 0 radical (unpaired) electrons. The van der Waals surface area contributed by atoms with Crippen molar-refractivity contribution < 1.29 is 4.42 Å². The molecule has 0 fully saturated rings. The molecule has 4 heteroatoms. The van der Waals surface area contributed by atoms with Crippen molar-refractivity contribution in [1.29, 1.82) is 0 Å². The number of anilines is 1. The maximum absolute atomic E-state index is 5.34. The lowest BCUT2D eigenvalue weighted by molar-refractivity contribution is 0.458. The Bertz CT molecular complexity index is 298. The molecule has 0 aliphatic heterocycles. The number of hydrogen-bond acceptors (Lipinski definition) is 4. The van der Waals surface area contributed by atoms with Crippen molar-refractivity contribution in [2.75, 3.05) is 5.73 Å². The molecule has 3 N–H and O–H groups in total. The summed E-state index contributed by atoms with van der Waals surface area (Å²) in [6, 6.07) is 0.785. The van der Waals surface area contributed by atoms with Crippen molar-refractivity contribution in [3.05, 3.63) is 24.1 Å². The highest BCUT2D eigenvalue weighted by Gasteiger charge is 2.09. The first-order valence-electron chi connectivity index (χ1n) is 4.43. The third-order valence-corrected chi connectivity index (χ3v) is 2.14. The van der Waals surface area contributed by atoms with Gasteiger partial charge >= 0.3 is 0 Å². The Morgan fingerprint density at radius 3 is 2.92 bits per heavy atom. The van der Waals surface area contributed by atoms with Gasteiger partial charge in [-0.15, -0.1) is 0 Å². The van der Waals surface area contributed by atoms with Crippen LogP contribution in [0.5, 0.6) is 0 Å². The number of nitrogens with one attached hydrogen (secondary N) is 1. The van der Waals surface area contributed by atoms with Crippen LogP contribution in [0.4, 0.5) is 6.01 Å². The summed E-state index contributed by atoms with van der Waals surface area (Å²) in [7, 11) is 0. The normalized spacial score (nSPS) is 16.9. The maximum atomic E-state index is 5.34. The van der Waals surface area contributed by atoms with E-state index in [0.29, 0.717) is 12.6 Å². The topological polar surface area (TPSA) is 64.1 Å². The Balaban J connectivity index is 1.79. The highest BCUT2D eigenvalue weighted by atomic mass is 16.4. The van der Waals surface area contributed by atoms with Gasteiger partial charge in [0, 0.05) is 6.04 Å². The monoisotopic (exact) mass is 179 g/mol. The number of hydrogen-bond donors (Lipinski definition) is 2. The summed E-state index contributed by atoms with van der Waals surface area (Å²) >= 11 is 0. The zero-order chi connectivity index (χ0) is 9.10. The van der Waals surface area contributed by atoms with E-state index in [1.54, 1.807) is 6.20 Å². The largest absolute Gasteiger partial charge is 0.428 e.